The van der Waals surface area contributed by atoms with Crippen molar-refractivity contribution in [2.24, 2.45) is 0 Å². The van der Waals surface area contributed by atoms with E-state index in [1.54, 1.807) is 26.0 Å². The number of ether oxygens (including phenoxy) is 2. The van der Waals surface area contributed by atoms with Crippen molar-refractivity contribution in [2.45, 2.75) is 13.8 Å². The Kier molecular flexibility index (Phi) is 7.08. The maximum Gasteiger partial charge on any atom is 0.325 e. The maximum atomic E-state index is 11.9. The molecule has 0 aliphatic carbocycles. The van der Waals surface area contributed by atoms with E-state index in [4.69, 9.17) is 9.47 Å². The van der Waals surface area contributed by atoms with Crippen LogP contribution in [0, 0.1) is 0 Å². The molecule has 1 rings (SSSR count). The molecule has 0 aliphatic heterocycles. The Morgan fingerprint density at radius 3 is 2.40 bits per heavy atom. The van der Waals surface area contributed by atoms with E-state index in [2.05, 4.69) is 15.9 Å². The molecule has 0 aliphatic rings. The Morgan fingerprint density at radius 1 is 1.20 bits per heavy atom. The maximum absolute atomic E-state index is 11.9. The smallest absolute Gasteiger partial charge is 0.325 e. The summed E-state index contributed by atoms with van der Waals surface area (Å²) in [5.41, 5.74) is 0. The first kappa shape index (κ1) is 16.5. The van der Waals surface area contributed by atoms with Gasteiger partial charge in [0, 0.05) is 11.0 Å². The third-order valence-electron chi connectivity index (χ3n) is 2.54. The molecule has 0 bridgehead atoms. The Balaban J connectivity index is 2.46. The number of likely N-dealkylation sites (N-methyl/N-ethyl adjacent to an activating group) is 1. The minimum atomic E-state index is -0.411. The molecule has 0 heterocycles. The van der Waals surface area contributed by atoms with Crippen molar-refractivity contribution in [3.05, 3.63) is 28.7 Å². The van der Waals surface area contributed by atoms with Gasteiger partial charge in [-0.15, -0.1) is 0 Å². The molecule has 0 aromatic heterocycles. The van der Waals surface area contributed by atoms with Crippen LogP contribution in [0.15, 0.2) is 28.7 Å². The summed E-state index contributed by atoms with van der Waals surface area (Å²) >= 11 is 3.32. The summed E-state index contributed by atoms with van der Waals surface area (Å²) in [4.78, 5) is 24.7. The van der Waals surface area contributed by atoms with Gasteiger partial charge in [0.15, 0.2) is 6.61 Å². The molecule has 0 spiro atoms. The Hall–Kier alpha value is -1.56. The van der Waals surface area contributed by atoms with Gasteiger partial charge in [0.1, 0.15) is 12.3 Å². The molecule has 5 nitrogen and oxygen atoms in total. The molecule has 6 heteroatoms. The van der Waals surface area contributed by atoms with E-state index in [1.807, 2.05) is 12.1 Å². The van der Waals surface area contributed by atoms with Gasteiger partial charge in [0.2, 0.25) is 0 Å². The average Bonchev–Trinajstić information content (AvgIpc) is 2.44. The molecule has 0 saturated carbocycles. The van der Waals surface area contributed by atoms with Crippen molar-refractivity contribution in [2.75, 3.05) is 26.3 Å². The second-order valence-corrected chi connectivity index (χ2v) is 4.87. The van der Waals surface area contributed by atoms with E-state index >= 15 is 0 Å². The molecule has 0 saturated heterocycles. The zero-order valence-electron chi connectivity index (χ0n) is 11.6. The fourth-order valence-electron chi connectivity index (χ4n) is 1.51. The van der Waals surface area contributed by atoms with Gasteiger partial charge in [-0.1, -0.05) is 15.9 Å². The molecule has 0 atom stereocenters. The van der Waals surface area contributed by atoms with Crippen molar-refractivity contribution in [3.63, 3.8) is 0 Å². The normalized spacial score (nSPS) is 9.95. The molecule has 1 aromatic rings. The molecule has 0 unspecified atom stereocenters. The summed E-state index contributed by atoms with van der Waals surface area (Å²) < 4.78 is 11.1. The molecular formula is C14H18BrNO4. The lowest BCUT2D eigenvalue weighted by Crippen LogP contribution is -2.39. The first-order valence-electron chi connectivity index (χ1n) is 6.38. The molecule has 20 heavy (non-hydrogen) atoms. The Labute approximate surface area is 127 Å². The van der Waals surface area contributed by atoms with Gasteiger partial charge in [-0.05, 0) is 38.1 Å². The summed E-state index contributed by atoms with van der Waals surface area (Å²) in [6.45, 7) is 4.12. The standard InChI is InChI=1S/C14H18BrNO4/c1-3-16(9-14(18)19-4-2)13(17)10-20-12-7-5-11(15)6-8-12/h5-8H,3-4,9-10H2,1-2H3. The Morgan fingerprint density at radius 2 is 1.85 bits per heavy atom. The quantitative estimate of drug-likeness (QED) is 0.712. The van der Waals surface area contributed by atoms with Crippen LogP contribution in [0.2, 0.25) is 0 Å². The van der Waals surface area contributed by atoms with Crippen LogP contribution in [0.3, 0.4) is 0 Å². The minimum Gasteiger partial charge on any atom is -0.484 e. The van der Waals surface area contributed by atoms with E-state index in [0.717, 1.165) is 4.47 Å². The molecule has 1 aromatic carbocycles. The van der Waals surface area contributed by atoms with E-state index < -0.39 is 5.97 Å². The predicted octanol–water partition coefficient (Wildman–Crippen LogP) is 2.24. The van der Waals surface area contributed by atoms with Gasteiger partial charge in [0.25, 0.3) is 5.91 Å². The monoisotopic (exact) mass is 343 g/mol. The summed E-state index contributed by atoms with van der Waals surface area (Å²) in [6, 6.07) is 7.18. The molecule has 0 radical (unpaired) electrons. The second kappa shape index (κ2) is 8.58. The van der Waals surface area contributed by atoms with Crippen molar-refractivity contribution < 1.29 is 19.1 Å². The van der Waals surface area contributed by atoms with E-state index in [1.165, 1.54) is 4.90 Å². The zero-order chi connectivity index (χ0) is 15.0. The fourth-order valence-corrected chi connectivity index (χ4v) is 1.77. The summed E-state index contributed by atoms with van der Waals surface area (Å²) in [7, 11) is 0. The number of esters is 1. The van der Waals surface area contributed by atoms with Crippen LogP contribution >= 0.6 is 15.9 Å². The minimum absolute atomic E-state index is 0.0487. The zero-order valence-corrected chi connectivity index (χ0v) is 13.2. The summed E-state index contributed by atoms with van der Waals surface area (Å²) in [5.74, 6) is -0.0523. The molecule has 0 fully saturated rings. The largest absolute Gasteiger partial charge is 0.484 e. The number of amides is 1. The van der Waals surface area contributed by atoms with Gasteiger partial charge >= 0.3 is 5.97 Å². The first-order chi connectivity index (χ1) is 9.56. The van der Waals surface area contributed by atoms with Crippen LogP contribution in [0.1, 0.15) is 13.8 Å². The van der Waals surface area contributed by atoms with Crippen molar-refractivity contribution in [1.29, 1.82) is 0 Å². The van der Waals surface area contributed by atoms with Crippen LogP contribution in [-0.2, 0) is 14.3 Å². The molecular weight excluding hydrogens is 326 g/mol. The number of halogens is 1. The van der Waals surface area contributed by atoms with Gasteiger partial charge in [-0.2, -0.15) is 0 Å². The number of rotatable bonds is 7. The number of hydrogen-bond acceptors (Lipinski definition) is 4. The van der Waals surface area contributed by atoms with Crippen molar-refractivity contribution in [3.8, 4) is 5.75 Å². The molecule has 1 amide bonds. The summed E-state index contributed by atoms with van der Waals surface area (Å²) in [6.07, 6.45) is 0. The van der Waals surface area contributed by atoms with Crippen molar-refractivity contribution >= 4 is 27.8 Å². The van der Waals surface area contributed by atoms with Crippen LogP contribution in [-0.4, -0.2) is 43.1 Å². The second-order valence-electron chi connectivity index (χ2n) is 3.96. The average molecular weight is 344 g/mol. The lowest BCUT2D eigenvalue weighted by Gasteiger charge is -2.19. The van der Waals surface area contributed by atoms with Crippen LogP contribution in [0.5, 0.6) is 5.75 Å². The highest BCUT2D eigenvalue weighted by molar-refractivity contribution is 9.10. The van der Waals surface area contributed by atoms with Crippen LogP contribution in [0.4, 0.5) is 0 Å². The first-order valence-corrected chi connectivity index (χ1v) is 7.17. The third-order valence-corrected chi connectivity index (χ3v) is 3.06. The van der Waals surface area contributed by atoms with Gasteiger partial charge in [0.05, 0.1) is 6.61 Å². The third kappa shape index (κ3) is 5.61. The number of nitrogens with zero attached hydrogens (tertiary/aromatic N) is 1. The van der Waals surface area contributed by atoms with Crippen molar-refractivity contribution in [1.82, 2.24) is 4.90 Å². The lowest BCUT2D eigenvalue weighted by molar-refractivity contribution is -0.149. The van der Waals surface area contributed by atoms with E-state index in [0.29, 0.717) is 18.9 Å². The number of carbonyl (C=O) groups is 2. The summed E-state index contributed by atoms with van der Waals surface area (Å²) in [5, 5.41) is 0. The SMILES string of the molecule is CCOC(=O)CN(CC)C(=O)COc1ccc(Br)cc1. The highest BCUT2D eigenvalue weighted by atomic mass is 79.9. The number of carbonyl (C=O) groups excluding carboxylic acids is 2. The van der Waals surface area contributed by atoms with Gasteiger partial charge in [-0.25, -0.2) is 0 Å². The van der Waals surface area contributed by atoms with Crippen LogP contribution in [0.25, 0.3) is 0 Å². The molecule has 110 valence electrons. The van der Waals surface area contributed by atoms with Crippen LogP contribution < -0.4 is 4.74 Å². The highest BCUT2D eigenvalue weighted by Gasteiger charge is 2.16. The highest BCUT2D eigenvalue weighted by Crippen LogP contribution is 2.16. The molecule has 0 N–H and O–H groups in total. The lowest BCUT2D eigenvalue weighted by atomic mass is 10.3. The number of hydrogen-bond donors (Lipinski definition) is 0. The van der Waals surface area contributed by atoms with E-state index in [9.17, 15) is 9.59 Å². The van der Waals surface area contributed by atoms with Gasteiger partial charge < -0.3 is 14.4 Å². The van der Waals surface area contributed by atoms with E-state index in [-0.39, 0.29) is 19.1 Å². The van der Waals surface area contributed by atoms with Gasteiger partial charge in [-0.3, -0.25) is 9.59 Å². The Bertz CT molecular complexity index is 447. The topological polar surface area (TPSA) is 55.8 Å². The number of benzene rings is 1. The predicted molar refractivity (Wildman–Crippen MR) is 78.5 cm³/mol. The fraction of sp³-hybridized carbons (Fsp3) is 0.429.